The van der Waals surface area contributed by atoms with Gasteiger partial charge >= 0.3 is 0 Å². The highest BCUT2D eigenvalue weighted by molar-refractivity contribution is 5.70. The Morgan fingerprint density at radius 3 is 2.90 bits per heavy atom. The molecule has 1 atom stereocenters. The first-order valence-electron chi connectivity index (χ1n) is 10.2. The van der Waals surface area contributed by atoms with E-state index in [1.807, 2.05) is 0 Å². The number of H-pyrrole nitrogens is 1. The molecule has 2 aliphatic rings. The Hall–Kier alpha value is -3.00. The van der Waals surface area contributed by atoms with Crippen LogP contribution in [0.15, 0.2) is 42.7 Å². The maximum Gasteiger partial charge on any atom is 0.227 e. The molecule has 8 heteroatoms. The van der Waals surface area contributed by atoms with E-state index in [4.69, 9.17) is 4.74 Å². The van der Waals surface area contributed by atoms with E-state index in [9.17, 15) is 0 Å². The van der Waals surface area contributed by atoms with Crippen molar-refractivity contribution < 1.29 is 4.74 Å². The van der Waals surface area contributed by atoms with Gasteiger partial charge in [0.1, 0.15) is 18.0 Å². The summed E-state index contributed by atoms with van der Waals surface area (Å²) < 4.78 is 8.12. The summed E-state index contributed by atoms with van der Waals surface area (Å²) in [4.78, 5) is 6.58. The molecule has 3 aromatic rings. The van der Waals surface area contributed by atoms with Gasteiger partial charge in [-0.3, -0.25) is 9.67 Å². The summed E-state index contributed by atoms with van der Waals surface area (Å²) in [5, 5.41) is 16.0. The molecule has 2 aromatic heterocycles. The van der Waals surface area contributed by atoms with Gasteiger partial charge in [-0.25, -0.2) is 4.98 Å². The van der Waals surface area contributed by atoms with Crippen molar-refractivity contribution in [3.05, 3.63) is 59.9 Å². The van der Waals surface area contributed by atoms with Gasteiger partial charge in [0.2, 0.25) is 5.95 Å². The zero-order valence-corrected chi connectivity index (χ0v) is 16.4. The summed E-state index contributed by atoms with van der Waals surface area (Å²) in [6.45, 7) is 3.37. The second-order valence-electron chi connectivity index (χ2n) is 7.58. The van der Waals surface area contributed by atoms with Crippen molar-refractivity contribution >= 4 is 11.5 Å². The van der Waals surface area contributed by atoms with Crippen LogP contribution in [-0.4, -0.2) is 55.7 Å². The van der Waals surface area contributed by atoms with Crippen LogP contribution in [0.5, 0.6) is 0 Å². The van der Waals surface area contributed by atoms with Gasteiger partial charge < -0.3 is 9.64 Å². The molecular weight excluding hydrogens is 366 g/mol. The van der Waals surface area contributed by atoms with Crippen molar-refractivity contribution in [1.82, 2.24) is 29.9 Å². The number of anilines is 1. The molecule has 0 saturated carbocycles. The molecule has 0 amide bonds. The second-order valence-corrected chi connectivity index (χ2v) is 7.58. The number of nitrogens with one attached hydrogen (secondary N) is 1. The van der Waals surface area contributed by atoms with Gasteiger partial charge in [0.25, 0.3) is 0 Å². The van der Waals surface area contributed by atoms with Gasteiger partial charge in [0, 0.05) is 19.7 Å². The van der Waals surface area contributed by atoms with Gasteiger partial charge in [-0.15, -0.1) is 10.2 Å². The van der Waals surface area contributed by atoms with Crippen LogP contribution in [0.2, 0.25) is 0 Å². The molecule has 1 N–H and O–H groups in total. The van der Waals surface area contributed by atoms with Crippen molar-refractivity contribution in [2.45, 2.75) is 38.3 Å². The van der Waals surface area contributed by atoms with E-state index < -0.39 is 0 Å². The molecule has 2 aliphatic heterocycles. The van der Waals surface area contributed by atoms with E-state index >= 15 is 0 Å². The first kappa shape index (κ1) is 18.1. The Bertz CT molecular complexity index is 958. The smallest absolute Gasteiger partial charge is 0.227 e. The lowest BCUT2D eigenvalue weighted by Gasteiger charge is -2.29. The van der Waals surface area contributed by atoms with Crippen LogP contribution in [0.4, 0.5) is 5.95 Å². The third-order valence-electron chi connectivity index (χ3n) is 5.59. The van der Waals surface area contributed by atoms with E-state index in [0.29, 0.717) is 6.42 Å². The van der Waals surface area contributed by atoms with E-state index in [2.05, 4.69) is 71.3 Å². The standard InChI is InChI=1S/C21H25N7O/c1-2-6-16(7-3-1)17-8-4-10-27(13-17)21-26-25-20(12-19-22-15-23-24-19)28(21)14-18-9-5-11-29-18/h1-3,6-8,15,18H,4-5,9-14H2,(H,22,23,24). The Labute approximate surface area is 169 Å². The molecule has 0 aliphatic carbocycles. The van der Waals surface area contributed by atoms with Crippen LogP contribution in [0, 0.1) is 0 Å². The summed E-state index contributed by atoms with van der Waals surface area (Å²) >= 11 is 0. The van der Waals surface area contributed by atoms with Crippen LogP contribution < -0.4 is 4.90 Å². The van der Waals surface area contributed by atoms with Crippen LogP contribution >= 0.6 is 0 Å². The molecule has 0 radical (unpaired) electrons. The topological polar surface area (TPSA) is 84.8 Å². The fourth-order valence-electron chi connectivity index (χ4n) is 4.11. The first-order valence-corrected chi connectivity index (χ1v) is 10.2. The summed E-state index contributed by atoms with van der Waals surface area (Å²) in [6.07, 6.45) is 7.84. The molecule has 1 aromatic carbocycles. The van der Waals surface area contributed by atoms with E-state index in [1.54, 1.807) is 0 Å². The Morgan fingerprint density at radius 1 is 1.17 bits per heavy atom. The molecule has 1 fully saturated rings. The summed E-state index contributed by atoms with van der Waals surface area (Å²) in [5.41, 5.74) is 2.60. The predicted molar refractivity (Wildman–Crippen MR) is 109 cm³/mol. The summed E-state index contributed by atoms with van der Waals surface area (Å²) in [5.74, 6) is 2.60. The average molecular weight is 391 g/mol. The predicted octanol–water partition coefficient (Wildman–Crippen LogP) is 2.46. The van der Waals surface area contributed by atoms with Crippen molar-refractivity contribution in [3.8, 4) is 0 Å². The van der Waals surface area contributed by atoms with Gasteiger partial charge in [0.15, 0.2) is 0 Å². The number of nitrogens with zero attached hydrogens (tertiary/aromatic N) is 6. The number of benzene rings is 1. The maximum absolute atomic E-state index is 5.91. The third kappa shape index (κ3) is 3.93. The quantitative estimate of drug-likeness (QED) is 0.695. The molecule has 0 bridgehead atoms. The number of aromatic amines is 1. The number of hydrogen-bond donors (Lipinski definition) is 1. The largest absolute Gasteiger partial charge is 0.376 e. The van der Waals surface area contributed by atoms with Gasteiger partial charge in [-0.05, 0) is 30.4 Å². The van der Waals surface area contributed by atoms with Crippen LogP contribution in [0.1, 0.15) is 36.5 Å². The molecule has 0 spiro atoms. The van der Waals surface area contributed by atoms with Crippen molar-refractivity contribution in [2.24, 2.45) is 0 Å². The third-order valence-corrected chi connectivity index (χ3v) is 5.59. The van der Waals surface area contributed by atoms with Crippen molar-refractivity contribution in [3.63, 3.8) is 0 Å². The molecule has 29 heavy (non-hydrogen) atoms. The Morgan fingerprint density at radius 2 is 2.10 bits per heavy atom. The lowest BCUT2D eigenvalue weighted by Crippen LogP contribution is -2.33. The minimum absolute atomic E-state index is 0.215. The molecule has 1 unspecified atom stereocenters. The Kier molecular flexibility index (Phi) is 5.08. The van der Waals surface area contributed by atoms with E-state index in [1.165, 1.54) is 17.5 Å². The maximum atomic E-state index is 5.91. The molecule has 8 nitrogen and oxygen atoms in total. The number of hydrogen-bond acceptors (Lipinski definition) is 6. The number of rotatable bonds is 6. The highest BCUT2D eigenvalue weighted by Gasteiger charge is 2.25. The number of ether oxygens (including phenoxy) is 1. The average Bonchev–Trinajstić information content (AvgIpc) is 3.53. The lowest BCUT2D eigenvalue weighted by atomic mass is 10.0. The molecule has 150 valence electrons. The SMILES string of the molecule is C1=C(c2ccccc2)CN(c2nnc(Cc3ncn[nH]3)n2CC2CCCO2)CC1. The van der Waals surface area contributed by atoms with Crippen LogP contribution in [-0.2, 0) is 17.7 Å². The van der Waals surface area contributed by atoms with Crippen molar-refractivity contribution in [1.29, 1.82) is 0 Å². The normalized spacial score (nSPS) is 19.5. The minimum Gasteiger partial charge on any atom is -0.376 e. The first-order chi connectivity index (χ1) is 14.4. The second kappa shape index (κ2) is 8.16. The van der Waals surface area contributed by atoms with Gasteiger partial charge in [0.05, 0.1) is 19.1 Å². The monoisotopic (exact) mass is 391 g/mol. The van der Waals surface area contributed by atoms with Crippen molar-refractivity contribution in [2.75, 3.05) is 24.6 Å². The summed E-state index contributed by atoms with van der Waals surface area (Å²) in [6, 6.07) is 10.6. The van der Waals surface area contributed by atoms with E-state index in [0.717, 1.165) is 63.1 Å². The van der Waals surface area contributed by atoms with Crippen LogP contribution in [0.3, 0.4) is 0 Å². The molecule has 4 heterocycles. The Balaban J connectivity index is 1.42. The molecule has 5 rings (SSSR count). The lowest BCUT2D eigenvalue weighted by molar-refractivity contribution is 0.0965. The highest BCUT2D eigenvalue weighted by Crippen LogP contribution is 2.26. The van der Waals surface area contributed by atoms with Gasteiger partial charge in [-0.2, -0.15) is 5.10 Å². The highest BCUT2D eigenvalue weighted by atomic mass is 16.5. The van der Waals surface area contributed by atoms with Crippen LogP contribution in [0.25, 0.3) is 5.57 Å². The fourth-order valence-corrected chi connectivity index (χ4v) is 4.11. The molecule has 1 saturated heterocycles. The molecular formula is C21H25N7O. The van der Waals surface area contributed by atoms with Gasteiger partial charge in [-0.1, -0.05) is 36.4 Å². The minimum atomic E-state index is 0.215. The summed E-state index contributed by atoms with van der Waals surface area (Å²) in [7, 11) is 0. The fraction of sp³-hybridized carbons (Fsp3) is 0.429. The zero-order chi connectivity index (χ0) is 19.5. The zero-order valence-electron chi connectivity index (χ0n) is 16.4. The number of aromatic nitrogens is 6. The van der Waals surface area contributed by atoms with E-state index in [-0.39, 0.29) is 6.10 Å².